The van der Waals surface area contributed by atoms with Crippen LogP contribution in [0.3, 0.4) is 0 Å². The van der Waals surface area contributed by atoms with Gasteiger partial charge in [0.2, 0.25) is 5.56 Å². The van der Waals surface area contributed by atoms with Crippen molar-refractivity contribution in [1.29, 1.82) is 0 Å². The second-order valence-electron chi connectivity index (χ2n) is 8.03. The quantitative estimate of drug-likeness (QED) is 0.526. The molecule has 7 heteroatoms. The molecule has 3 aromatic heterocycles. The normalized spacial score (nSPS) is 19.0. The topological polar surface area (TPSA) is 74.7 Å². The van der Waals surface area contributed by atoms with Crippen molar-refractivity contribution in [2.24, 2.45) is 0 Å². The number of H-pyrrole nitrogens is 1. The number of pyridine rings is 2. The first-order valence-corrected chi connectivity index (χ1v) is 10.5. The van der Waals surface area contributed by atoms with Gasteiger partial charge in [0.05, 0.1) is 23.6 Å². The van der Waals surface area contributed by atoms with Gasteiger partial charge in [0, 0.05) is 54.7 Å². The Labute approximate surface area is 180 Å². The van der Waals surface area contributed by atoms with Gasteiger partial charge in [-0.25, -0.2) is 4.98 Å². The number of nitrogens with one attached hydrogen (secondary N) is 2. The third-order valence-electron chi connectivity index (χ3n) is 5.55. The average molecular weight is 415 g/mol. The Kier molecular flexibility index (Phi) is 4.95. The van der Waals surface area contributed by atoms with E-state index in [0.29, 0.717) is 0 Å². The molecule has 1 aromatic carbocycles. The Morgan fingerprint density at radius 2 is 1.84 bits per heavy atom. The summed E-state index contributed by atoms with van der Waals surface area (Å²) < 4.78 is 7.83. The number of aromatic nitrogens is 3. The van der Waals surface area contributed by atoms with E-state index in [2.05, 4.69) is 58.3 Å². The molecule has 31 heavy (non-hydrogen) atoms. The number of aromatic amines is 1. The number of hydrogen-bond donors (Lipinski definition) is 2. The van der Waals surface area contributed by atoms with Gasteiger partial charge in [0.1, 0.15) is 0 Å². The second-order valence-corrected chi connectivity index (χ2v) is 8.03. The van der Waals surface area contributed by atoms with Gasteiger partial charge < -0.3 is 19.9 Å². The van der Waals surface area contributed by atoms with Crippen LogP contribution in [0.25, 0.3) is 16.9 Å². The third-order valence-corrected chi connectivity index (χ3v) is 5.55. The number of imidazole rings is 1. The van der Waals surface area contributed by atoms with Crippen LogP contribution in [0.4, 0.5) is 17.1 Å². The van der Waals surface area contributed by atoms with Crippen LogP contribution in [-0.2, 0) is 4.74 Å². The van der Waals surface area contributed by atoms with Crippen LogP contribution in [0.15, 0.2) is 71.9 Å². The number of rotatable bonds is 4. The van der Waals surface area contributed by atoms with E-state index >= 15 is 0 Å². The highest BCUT2D eigenvalue weighted by atomic mass is 16.5. The number of benzene rings is 1. The van der Waals surface area contributed by atoms with Crippen LogP contribution in [-0.4, -0.2) is 39.7 Å². The molecule has 0 radical (unpaired) electrons. The van der Waals surface area contributed by atoms with Crippen molar-refractivity contribution in [2.45, 2.75) is 26.1 Å². The molecule has 1 saturated heterocycles. The van der Waals surface area contributed by atoms with Gasteiger partial charge in [-0.15, -0.1) is 0 Å². The summed E-state index contributed by atoms with van der Waals surface area (Å²) in [6, 6.07) is 15.9. The lowest BCUT2D eigenvalue weighted by Gasteiger charge is -2.36. The molecule has 158 valence electrons. The minimum atomic E-state index is -0.128. The molecule has 0 saturated carbocycles. The number of fused-ring (bicyclic) bond motifs is 1. The van der Waals surface area contributed by atoms with Crippen molar-refractivity contribution >= 4 is 22.7 Å². The molecule has 0 spiro atoms. The minimum Gasteiger partial charge on any atom is -0.372 e. The molecule has 0 bridgehead atoms. The highest BCUT2D eigenvalue weighted by Gasteiger charge is 2.22. The van der Waals surface area contributed by atoms with Gasteiger partial charge in [-0.05, 0) is 56.3 Å². The summed E-state index contributed by atoms with van der Waals surface area (Å²) in [5, 5.41) is 3.48. The number of morpholine rings is 1. The molecule has 0 aliphatic carbocycles. The molecule has 0 amide bonds. The lowest BCUT2D eigenvalue weighted by Crippen LogP contribution is -2.45. The standard InChI is InChI=1S/C24H25N5O2/c1-16-14-28(15-17(2)31-16)20-5-3-19(4-6-20)27-21-7-8-22(29-12-11-26-24(21)29)18-9-10-25-23(30)13-18/h3-13,16-17,27H,14-15H2,1-2H3,(H,25,30). The van der Waals surface area contributed by atoms with Crippen molar-refractivity contribution in [3.05, 3.63) is 77.5 Å². The fourth-order valence-corrected chi connectivity index (χ4v) is 4.25. The molecule has 1 aliphatic heterocycles. The summed E-state index contributed by atoms with van der Waals surface area (Å²) in [6.45, 7) is 6.03. The Morgan fingerprint density at radius 3 is 2.58 bits per heavy atom. The van der Waals surface area contributed by atoms with Crippen LogP contribution < -0.4 is 15.8 Å². The van der Waals surface area contributed by atoms with Crippen LogP contribution in [0.1, 0.15) is 13.8 Å². The Balaban J connectivity index is 1.40. The van der Waals surface area contributed by atoms with Crippen LogP contribution in [0.2, 0.25) is 0 Å². The zero-order chi connectivity index (χ0) is 21.4. The van der Waals surface area contributed by atoms with Crippen LogP contribution >= 0.6 is 0 Å². The fraction of sp³-hybridized carbons (Fsp3) is 0.250. The lowest BCUT2D eigenvalue weighted by molar-refractivity contribution is -0.00521. The maximum Gasteiger partial charge on any atom is 0.248 e. The lowest BCUT2D eigenvalue weighted by atomic mass is 10.1. The summed E-state index contributed by atoms with van der Waals surface area (Å²) >= 11 is 0. The predicted molar refractivity (Wildman–Crippen MR) is 123 cm³/mol. The Hall–Kier alpha value is -3.58. The highest BCUT2D eigenvalue weighted by Crippen LogP contribution is 2.28. The van der Waals surface area contributed by atoms with E-state index in [0.717, 1.165) is 41.4 Å². The van der Waals surface area contributed by atoms with E-state index in [1.54, 1.807) is 18.5 Å². The van der Waals surface area contributed by atoms with Crippen molar-refractivity contribution in [3.63, 3.8) is 0 Å². The van der Waals surface area contributed by atoms with Gasteiger partial charge in [0.15, 0.2) is 5.65 Å². The summed E-state index contributed by atoms with van der Waals surface area (Å²) in [4.78, 5) is 21.3. The molecule has 1 aliphatic rings. The minimum absolute atomic E-state index is 0.128. The number of anilines is 3. The maximum atomic E-state index is 11.7. The van der Waals surface area contributed by atoms with E-state index in [-0.39, 0.29) is 17.8 Å². The van der Waals surface area contributed by atoms with Crippen LogP contribution in [0.5, 0.6) is 0 Å². The van der Waals surface area contributed by atoms with E-state index in [9.17, 15) is 4.79 Å². The van der Waals surface area contributed by atoms with E-state index in [1.165, 1.54) is 5.69 Å². The number of hydrogen-bond acceptors (Lipinski definition) is 5. The Morgan fingerprint density at radius 1 is 1.06 bits per heavy atom. The molecule has 2 atom stereocenters. The largest absolute Gasteiger partial charge is 0.372 e. The molecule has 2 unspecified atom stereocenters. The van der Waals surface area contributed by atoms with Crippen LogP contribution in [0, 0.1) is 0 Å². The molecular weight excluding hydrogens is 390 g/mol. The maximum absolute atomic E-state index is 11.7. The second kappa shape index (κ2) is 7.92. The first kappa shape index (κ1) is 19.4. The third kappa shape index (κ3) is 3.92. The summed E-state index contributed by atoms with van der Waals surface area (Å²) in [7, 11) is 0. The van der Waals surface area contributed by atoms with Gasteiger partial charge >= 0.3 is 0 Å². The highest BCUT2D eigenvalue weighted by molar-refractivity contribution is 5.78. The van der Waals surface area contributed by atoms with Gasteiger partial charge in [0.25, 0.3) is 0 Å². The van der Waals surface area contributed by atoms with Crippen molar-refractivity contribution < 1.29 is 4.74 Å². The van der Waals surface area contributed by atoms with Gasteiger partial charge in [-0.2, -0.15) is 0 Å². The average Bonchev–Trinajstić information content (AvgIpc) is 3.24. The van der Waals surface area contributed by atoms with E-state index < -0.39 is 0 Å². The summed E-state index contributed by atoms with van der Waals surface area (Å²) in [6.07, 6.45) is 5.79. The van der Waals surface area contributed by atoms with E-state index in [4.69, 9.17) is 4.74 Å². The van der Waals surface area contributed by atoms with Crippen molar-refractivity contribution in [1.82, 2.24) is 14.4 Å². The summed E-state index contributed by atoms with van der Waals surface area (Å²) in [5.74, 6) is 0. The van der Waals surface area contributed by atoms with E-state index in [1.807, 2.05) is 28.8 Å². The predicted octanol–water partition coefficient (Wildman–Crippen LogP) is 4.05. The monoisotopic (exact) mass is 415 g/mol. The molecule has 1 fully saturated rings. The summed E-state index contributed by atoms with van der Waals surface area (Å²) in [5.41, 5.74) is 5.52. The fourth-order valence-electron chi connectivity index (χ4n) is 4.25. The molecule has 2 N–H and O–H groups in total. The zero-order valence-corrected chi connectivity index (χ0v) is 17.6. The number of ether oxygens (including phenoxy) is 1. The smallest absolute Gasteiger partial charge is 0.248 e. The van der Waals surface area contributed by atoms with Gasteiger partial charge in [-0.3, -0.25) is 9.20 Å². The Bertz CT molecular complexity index is 1250. The zero-order valence-electron chi connectivity index (χ0n) is 17.6. The molecular formula is C24H25N5O2. The first-order chi connectivity index (χ1) is 15.1. The SMILES string of the molecule is CC1CN(c2ccc(Nc3ccc(-c4cc[nH]c(=O)c4)n4ccnc34)cc2)CC(C)O1. The molecule has 4 aromatic rings. The van der Waals surface area contributed by atoms with Crippen molar-refractivity contribution in [2.75, 3.05) is 23.3 Å². The van der Waals surface area contributed by atoms with Crippen molar-refractivity contribution in [3.8, 4) is 11.3 Å². The molecule has 4 heterocycles. The number of nitrogens with zero attached hydrogens (tertiary/aromatic N) is 3. The molecule has 7 nitrogen and oxygen atoms in total. The first-order valence-electron chi connectivity index (χ1n) is 10.5. The molecule has 5 rings (SSSR count). The van der Waals surface area contributed by atoms with Gasteiger partial charge in [-0.1, -0.05) is 0 Å².